The zero-order chi connectivity index (χ0) is 12.5. The van der Waals surface area contributed by atoms with Gasteiger partial charge in [-0.05, 0) is 6.07 Å². The van der Waals surface area contributed by atoms with Crippen molar-refractivity contribution in [1.82, 2.24) is 4.98 Å². The molecule has 1 heterocycles. The maximum atomic E-state index is 12.8. The lowest BCUT2D eigenvalue weighted by Gasteiger charge is -2.10. The lowest BCUT2D eigenvalue weighted by atomic mass is 10.1. The first-order valence-corrected chi connectivity index (χ1v) is 3.73. The van der Waals surface area contributed by atoms with Crippen molar-refractivity contribution in [3.63, 3.8) is 0 Å². The summed E-state index contributed by atoms with van der Waals surface area (Å²) in [7, 11) is 0. The van der Waals surface area contributed by atoms with Crippen molar-refractivity contribution in [3.05, 3.63) is 28.8 Å². The molecule has 0 spiro atoms. The van der Waals surface area contributed by atoms with E-state index in [2.05, 4.69) is 4.98 Å². The summed E-state index contributed by atoms with van der Waals surface area (Å²) in [5.74, 6) is -1.85. The van der Waals surface area contributed by atoms with Gasteiger partial charge in [0.15, 0.2) is 0 Å². The van der Waals surface area contributed by atoms with E-state index in [4.69, 9.17) is 5.26 Å². The molecule has 0 bridgehead atoms. The fourth-order valence-corrected chi connectivity index (χ4v) is 0.974. The van der Waals surface area contributed by atoms with Gasteiger partial charge in [-0.3, -0.25) is 0 Å². The molecule has 0 unspecified atom stereocenters. The van der Waals surface area contributed by atoms with E-state index in [1.807, 2.05) is 0 Å². The van der Waals surface area contributed by atoms with Crippen LogP contribution >= 0.6 is 0 Å². The van der Waals surface area contributed by atoms with Crippen LogP contribution in [0.15, 0.2) is 6.07 Å². The second-order valence-electron chi connectivity index (χ2n) is 2.67. The molecule has 0 N–H and O–H groups in total. The predicted molar refractivity (Wildman–Crippen MR) is 38.9 cm³/mol. The standard InChI is InChI=1S/C8H2F6N2/c9-6(10)5-1-4(8(12,13)14)3(2-15)7(11)16-5/h1,6H. The number of alkyl halides is 5. The van der Waals surface area contributed by atoms with E-state index >= 15 is 0 Å². The fourth-order valence-electron chi connectivity index (χ4n) is 0.974. The first-order valence-electron chi connectivity index (χ1n) is 3.73. The zero-order valence-electron chi connectivity index (χ0n) is 7.32. The maximum Gasteiger partial charge on any atom is 0.417 e. The first-order chi connectivity index (χ1) is 7.27. The molecule has 0 saturated heterocycles. The van der Waals surface area contributed by atoms with Crippen LogP contribution in [-0.2, 0) is 6.18 Å². The van der Waals surface area contributed by atoms with Crippen LogP contribution < -0.4 is 0 Å². The van der Waals surface area contributed by atoms with E-state index in [0.717, 1.165) is 6.07 Å². The third-order valence-electron chi connectivity index (χ3n) is 1.64. The minimum absolute atomic E-state index is 0.0354. The molecule has 0 aliphatic rings. The van der Waals surface area contributed by atoms with Gasteiger partial charge >= 0.3 is 6.18 Å². The third kappa shape index (κ3) is 2.24. The molecule has 0 saturated carbocycles. The number of pyridine rings is 1. The summed E-state index contributed by atoms with van der Waals surface area (Å²) in [6.07, 6.45) is -8.43. The van der Waals surface area contributed by atoms with Gasteiger partial charge in [0.05, 0.1) is 5.56 Å². The second-order valence-corrected chi connectivity index (χ2v) is 2.67. The number of rotatable bonds is 1. The second kappa shape index (κ2) is 4.00. The predicted octanol–water partition coefficient (Wildman–Crippen LogP) is 3.05. The summed E-state index contributed by atoms with van der Waals surface area (Å²) in [6.45, 7) is 0. The summed E-state index contributed by atoms with van der Waals surface area (Å²) in [4.78, 5) is 2.58. The van der Waals surface area contributed by atoms with Gasteiger partial charge in [0.25, 0.3) is 6.43 Å². The largest absolute Gasteiger partial charge is 0.417 e. The van der Waals surface area contributed by atoms with Gasteiger partial charge in [0.1, 0.15) is 17.3 Å². The normalized spacial score (nSPS) is 11.6. The average Bonchev–Trinajstić information content (AvgIpc) is 2.14. The Morgan fingerprint density at radius 2 is 1.88 bits per heavy atom. The van der Waals surface area contributed by atoms with Gasteiger partial charge in [0.2, 0.25) is 5.95 Å². The van der Waals surface area contributed by atoms with Gasteiger partial charge in [-0.2, -0.15) is 22.8 Å². The molecular formula is C8H2F6N2. The highest BCUT2D eigenvalue weighted by molar-refractivity contribution is 5.39. The Morgan fingerprint density at radius 3 is 2.25 bits per heavy atom. The van der Waals surface area contributed by atoms with E-state index in [1.54, 1.807) is 0 Å². The molecule has 1 rings (SSSR count). The van der Waals surface area contributed by atoms with E-state index in [1.165, 1.54) is 0 Å². The fraction of sp³-hybridized carbons (Fsp3) is 0.250. The lowest BCUT2D eigenvalue weighted by Crippen LogP contribution is -2.12. The molecule has 0 amide bonds. The smallest absolute Gasteiger partial charge is 0.218 e. The van der Waals surface area contributed by atoms with Crippen molar-refractivity contribution in [2.24, 2.45) is 0 Å². The van der Waals surface area contributed by atoms with Crippen LogP contribution in [0.5, 0.6) is 0 Å². The van der Waals surface area contributed by atoms with Crippen molar-refractivity contribution in [2.75, 3.05) is 0 Å². The molecule has 0 atom stereocenters. The minimum atomic E-state index is -5.08. The highest BCUT2D eigenvalue weighted by Crippen LogP contribution is 2.34. The number of nitriles is 1. The topological polar surface area (TPSA) is 36.7 Å². The quantitative estimate of drug-likeness (QED) is 0.558. The van der Waals surface area contributed by atoms with Crippen LogP contribution in [0.1, 0.15) is 23.2 Å². The van der Waals surface area contributed by atoms with Crippen molar-refractivity contribution < 1.29 is 26.3 Å². The van der Waals surface area contributed by atoms with Crippen molar-refractivity contribution >= 4 is 0 Å². The molecule has 0 aliphatic heterocycles. The van der Waals surface area contributed by atoms with Crippen LogP contribution in [0.2, 0.25) is 0 Å². The Labute approximate surface area is 85.1 Å². The summed E-state index contributed by atoms with van der Waals surface area (Å²) in [5, 5.41) is 8.27. The lowest BCUT2D eigenvalue weighted by molar-refractivity contribution is -0.138. The molecule has 86 valence electrons. The number of aromatic nitrogens is 1. The highest BCUT2D eigenvalue weighted by atomic mass is 19.4. The number of hydrogen-bond donors (Lipinski definition) is 0. The first kappa shape index (κ1) is 12.3. The van der Waals surface area contributed by atoms with E-state index in [9.17, 15) is 26.3 Å². The molecule has 0 fully saturated rings. The van der Waals surface area contributed by atoms with Crippen LogP contribution in [0.4, 0.5) is 26.3 Å². The molecule has 0 radical (unpaired) electrons. The van der Waals surface area contributed by atoms with Crippen molar-refractivity contribution in [3.8, 4) is 6.07 Å². The van der Waals surface area contributed by atoms with Gasteiger partial charge in [-0.25, -0.2) is 13.8 Å². The molecule has 2 nitrogen and oxygen atoms in total. The van der Waals surface area contributed by atoms with Crippen molar-refractivity contribution in [1.29, 1.82) is 5.26 Å². The molecule has 16 heavy (non-hydrogen) atoms. The Morgan fingerprint density at radius 1 is 1.31 bits per heavy atom. The van der Waals surface area contributed by atoms with Crippen LogP contribution in [0.3, 0.4) is 0 Å². The maximum absolute atomic E-state index is 12.8. The Hall–Kier alpha value is -1.78. The van der Waals surface area contributed by atoms with Crippen LogP contribution in [-0.4, -0.2) is 4.98 Å². The van der Waals surface area contributed by atoms with Crippen LogP contribution in [0.25, 0.3) is 0 Å². The van der Waals surface area contributed by atoms with Gasteiger partial charge in [-0.1, -0.05) is 0 Å². The van der Waals surface area contributed by atoms with Gasteiger partial charge in [-0.15, -0.1) is 0 Å². The van der Waals surface area contributed by atoms with E-state index in [0.29, 0.717) is 0 Å². The van der Waals surface area contributed by atoms with E-state index in [-0.39, 0.29) is 6.07 Å². The molecular weight excluding hydrogens is 238 g/mol. The monoisotopic (exact) mass is 240 g/mol. The van der Waals surface area contributed by atoms with Gasteiger partial charge in [0, 0.05) is 0 Å². The average molecular weight is 240 g/mol. The van der Waals surface area contributed by atoms with Gasteiger partial charge < -0.3 is 0 Å². The zero-order valence-corrected chi connectivity index (χ0v) is 7.32. The SMILES string of the molecule is N#Cc1c(C(F)(F)F)cc(C(F)F)nc1F. The number of halogens is 6. The Balaban J connectivity index is 3.51. The molecule has 0 aromatic carbocycles. The molecule has 1 aromatic rings. The van der Waals surface area contributed by atoms with Crippen molar-refractivity contribution in [2.45, 2.75) is 12.6 Å². The number of hydrogen-bond acceptors (Lipinski definition) is 2. The number of nitrogens with zero attached hydrogens (tertiary/aromatic N) is 2. The summed E-state index contributed by atoms with van der Waals surface area (Å²) < 4.78 is 73.8. The molecule has 8 heteroatoms. The molecule has 0 aliphatic carbocycles. The summed E-state index contributed by atoms with van der Waals surface area (Å²) in [5.41, 5.74) is -4.50. The van der Waals surface area contributed by atoms with Crippen LogP contribution in [0, 0.1) is 17.3 Å². The van der Waals surface area contributed by atoms with E-state index < -0.39 is 35.4 Å². The summed E-state index contributed by atoms with van der Waals surface area (Å²) in [6, 6.07) is 0.899. The third-order valence-corrected chi connectivity index (χ3v) is 1.64. The Kier molecular flexibility index (Phi) is 3.07. The Bertz CT molecular complexity index is 445. The summed E-state index contributed by atoms with van der Waals surface area (Å²) >= 11 is 0. The molecule has 1 aromatic heterocycles. The highest BCUT2D eigenvalue weighted by Gasteiger charge is 2.36. The minimum Gasteiger partial charge on any atom is -0.218 e.